The summed E-state index contributed by atoms with van der Waals surface area (Å²) in [6.07, 6.45) is -0.393. The third-order valence-corrected chi connectivity index (χ3v) is 8.35. The zero-order valence-electron chi connectivity index (χ0n) is 26.7. The number of amides is 1. The van der Waals surface area contributed by atoms with Crippen LogP contribution < -0.4 is 0 Å². The summed E-state index contributed by atoms with van der Waals surface area (Å²) in [5.74, 6) is -0.750. The Hall–Kier alpha value is -3.32. The van der Waals surface area contributed by atoms with Crippen molar-refractivity contribution in [1.29, 1.82) is 0 Å². The third-order valence-electron chi connectivity index (χ3n) is 7.82. The van der Waals surface area contributed by atoms with Crippen molar-refractivity contribution in [1.82, 2.24) is 5.06 Å². The van der Waals surface area contributed by atoms with Crippen LogP contribution in [0.25, 0.3) is 0 Å². The summed E-state index contributed by atoms with van der Waals surface area (Å²) in [5.41, 5.74) is 1.59. The summed E-state index contributed by atoms with van der Waals surface area (Å²) in [4.78, 5) is 33.4. The van der Waals surface area contributed by atoms with E-state index in [9.17, 15) is 14.7 Å². The van der Waals surface area contributed by atoms with Gasteiger partial charge in [-0.3, -0.25) is 0 Å². The van der Waals surface area contributed by atoms with Gasteiger partial charge < -0.3 is 14.7 Å². The Balaban J connectivity index is 2.02. The highest BCUT2D eigenvalue weighted by Gasteiger charge is 2.57. The van der Waals surface area contributed by atoms with E-state index in [4.69, 9.17) is 9.57 Å². The minimum absolute atomic E-state index is 0.00699. The first-order valence-electron chi connectivity index (χ1n) is 14.7. The number of ether oxygens (including phenoxy) is 1. The molecule has 1 N–H and O–H groups in total. The summed E-state index contributed by atoms with van der Waals surface area (Å²) in [6.45, 7) is 17.8. The number of phenolic OH excluding ortho intramolecular Hbond substituents is 1. The predicted molar refractivity (Wildman–Crippen MR) is 173 cm³/mol. The normalized spacial score (nSPS) is 18.4. The number of halogens is 1. The maximum absolute atomic E-state index is 14.3. The molecule has 1 aliphatic rings. The van der Waals surface area contributed by atoms with Gasteiger partial charge in [0.2, 0.25) is 0 Å². The molecule has 1 fully saturated rings. The predicted octanol–water partition coefficient (Wildman–Crippen LogP) is 8.82. The fourth-order valence-corrected chi connectivity index (χ4v) is 6.07. The van der Waals surface area contributed by atoms with Gasteiger partial charge in [0, 0.05) is 10.4 Å². The molecular formula is C36H44BrNO5. The summed E-state index contributed by atoms with van der Waals surface area (Å²) in [6, 6.07) is 21.8. The summed E-state index contributed by atoms with van der Waals surface area (Å²) in [7, 11) is 0. The molecule has 1 amide bonds. The largest absolute Gasteiger partial charge is 0.507 e. The van der Waals surface area contributed by atoms with Gasteiger partial charge in [-0.05, 0) is 78.0 Å². The maximum Gasteiger partial charge on any atom is 0.443 e. The standard InChI is InChI=1S/C36H44BrNO5/c1-33(2,3)27-19-25(20-28(30(27)39)34(4,5)6)29(24-13-11-10-12-14-24)36(21-23-15-17-26(37)18-16-23)22-38(43-31(36)40)32(41)42-35(7,8)9/h10-20,29,39H,21-22H2,1-9H3/t29-,36+/m0/s1. The topological polar surface area (TPSA) is 76.1 Å². The van der Waals surface area contributed by atoms with Crippen LogP contribution in [-0.2, 0) is 31.6 Å². The molecule has 1 saturated heterocycles. The Morgan fingerprint density at radius 1 is 0.907 bits per heavy atom. The number of phenols is 1. The second-order valence-electron chi connectivity index (χ2n) is 14.7. The first-order chi connectivity index (χ1) is 19.8. The number of aromatic hydroxyl groups is 1. The van der Waals surface area contributed by atoms with E-state index in [2.05, 4.69) is 57.5 Å². The molecule has 0 unspecified atom stereocenters. The van der Waals surface area contributed by atoms with Crippen molar-refractivity contribution in [2.75, 3.05) is 6.54 Å². The third kappa shape index (κ3) is 7.09. The highest BCUT2D eigenvalue weighted by Crippen LogP contribution is 2.51. The van der Waals surface area contributed by atoms with Crippen molar-refractivity contribution < 1.29 is 24.3 Å². The molecule has 4 rings (SSSR count). The number of hydrogen-bond acceptors (Lipinski definition) is 5. The molecule has 0 aromatic heterocycles. The van der Waals surface area contributed by atoms with Gasteiger partial charge in [-0.15, -0.1) is 5.06 Å². The van der Waals surface area contributed by atoms with Crippen molar-refractivity contribution in [3.63, 3.8) is 0 Å². The lowest BCUT2D eigenvalue weighted by Gasteiger charge is -2.37. The zero-order valence-corrected chi connectivity index (χ0v) is 28.3. The fourth-order valence-electron chi connectivity index (χ4n) is 5.81. The van der Waals surface area contributed by atoms with Gasteiger partial charge in [0.1, 0.15) is 16.8 Å². The van der Waals surface area contributed by atoms with Crippen LogP contribution in [0.4, 0.5) is 4.79 Å². The average Bonchev–Trinajstić information content (AvgIpc) is 3.21. The van der Waals surface area contributed by atoms with E-state index in [1.54, 1.807) is 20.8 Å². The average molecular weight is 651 g/mol. The molecule has 0 saturated carbocycles. The van der Waals surface area contributed by atoms with Gasteiger partial charge in [0.05, 0.1) is 6.54 Å². The van der Waals surface area contributed by atoms with Gasteiger partial charge >= 0.3 is 12.1 Å². The van der Waals surface area contributed by atoms with E-state index in [1.165, 1.54) is 0 Å². The number of hydroxylamine groups is 2. The first kappa shape index (κ1) is 32.6. The fraction of sp³-hybridized carbons (Fsp3) is 0.444. The van der Waals surface area contributed by atoms with Crippen molar-refractivity contribution >= 4 is 28.0 Å². The number of rotatable bonds is 5. The van der Waals surface area contributed by atoms with Gasteiger partial charge in [0.25, 0.3) is 0 Å². The van der Waals surface area contributed by atoms with Crippen LogP contribution in [0.5, 0.6) is 5.75 Å². The molecule has 3 aromatic rings. The molecule has 0 bridgehead atoms. The molecular weight excluding hydrogens is 606 g/mol. The second-order valence-corrected chi connectivity index (χ2v) is 15.6. The SMILES string of the molecule is CC(C)(C)OC(=O)N1C[C@](Cc2ccc(Br)cc2)([C@@H](c2ccccc2)c2cc(C(C)(C)C)c(O)c(C(C)(C)C)c2)C(=O)O1. The van der Waals surface area contributed by atoms with Crippen molar-refractivity contribution in [3.05, 3.63) is 99.0 Å². The number of hydrogen-bond donors (Lipinski definition) is 1. The molecule has 7 heteroatoms. The minimum Gasteiger partial charge on any atom is -0.507 e. The van der Waals surface area contributed by atoms with Crippen LogP contribution in [0.1, 0.15) is 96.0 Å². The van der Waals surface area contributed by atoms with Crippen molar-refractivity contribution in [2.24, 2.45) is 5.41 Å². The lowest BCUT2D eigenvalue weighted by atomic mass is 9.64. The Morgan fingerprint density at radius 3 is 1.93 bits per heavy atom. The van der Waals surface area contributed by atoms with Gasteiger partial charge in [-0.25, -0.2) is 9.59 Å². The molecule has 230 valence electrons. The van der Waals surface area contributed by atoms with E-state index in [1.807, 2.05) is 66.7 Å². The Bertz CT molecular complexity index is 1440. The van der Waals surface area contributed by atoms with Crippen LogP contribution in [-0.4, -0.2) is 34.4 Å². The number of benzene rings is 3. The van der Waals surface area contributed by atoms with E-state index in [0.717, 1.165) is 37.4 Å². The molecule has 0 radical (unpaired) electrons. The molecule has 43 heavy (non-hydrogen) atoms. The van der Waals surface area contributed by atoms with Crippen LogP contribution in [0.15, 0.2) is 71.2 Å². The zero-order chi connectivity index (χ0) is 32.0. The minimum atomic E-state index is -1.20. The lowest BCUT2D eigenvalue weighted by molar-refractivity contribution is -0.169. The molecule has 0 aliphatic carbocycles. The van der Waals surface area contributed by atoms with Gasteiger partial charge in [0.15, 0.2) is 0 Å². The van der Waals surface area contributed by atoms with Crippen LogP contribution >= 0.6 is 15.9 Å². The quantitative estimate of drug-likeness (QED) is 0.299. The van der Waals surface area contributed by atoms with Crippen LogP contribution in [0, 0.1) is 5.41 Å². The molecule has 1 aliphatic heterocycles. The molecule has 3 aromatic carbocycles. The van der Waals surface area contributed by atoms with E-state index in [0.29, 0.717) is 6.42 Å². The van der Waals surface area contributed by atoms with E-state index < -0.39 is 29.0 Å². The first-order valence-corrected chi connectivity index (χ1v) is 15.5. The number of carbonyl (C=O) groups excluding carboxylic acids is 2. The lowest BCUT2D eigenvalue weighted by Crippen LogP contribution is -2.42. The number of carbonyl (C=O) groups is 2. The summed E-state index contributed by atoms with van der Waals surface area (Å²) >= 11 is 3.52. The van der Waals surface area contributed by atoms with Crippen LogP contribution in [0.3, 0.4) is 0 Å². The summed E-state index contributed by atoms with van der Waals surface area (Å²) < 4.78 is 6.56. The monoisotopic (exact) mass is 649 g/mol. The molecule has 0 spiro atoms. The molecule has 1 heterocycles. The Morgan fingerprint density at radius 2 is 1.44 bits per heavy atom. The Kier molecular flexibility index (Phi) is 8.82. The maximum atomic E-state index is 14.3. The van der Waals surface area contributed by atoms with Crippen molar-refractivity contribution in [2.45, 2.75) is 91.1 Å². The van der Waals surface area contributed by atoms with Crippen LogP contribution in [0.2, 0.25) is 0 Å². The number of nitrogens with zero attached hydrogens (tertiary/aromatic N) is 1. The highest BCUT2D eigenvalue weighted by atomic mass is 79.9. The van der Waals surface area contributed by atoms with Gasteiger partial charge in [-0.1, -0.05) is 112 Å². The highest BCUT2D eigenvalue weighted by molar-refractivity contribution is 9.10. The van der Waals surface area contributed by atoms with Gasteiger partial charge in [-0.2, -0.15) is 0 Å². The molecule has 2 atom stereocenters. The Labute approximate surface area is 264 Å². The molecule has 6 nitrogen and oxygen atoms in total. The van der Waals surface area contributed by atoms with E-state index in [-0.39, 0.29) is 23.1 Å². The summed E-state index contributed by atoms with van der Waals surface area (Å²) in [5, 5.41) is 12.6. The van der Waals surface area contributed by atoms with Crippen molar-refractivity contribution in [3.8, 4) is 5.75 Å². The smallest absolute Gasteiger partial charge is 0.443 e. The van der Waals surface area contributed by atoms with E-state index >= 15 is 0 Å². The second kappa shape index (κ2) is 11.6.